The van der Waals surface area contributed by atoms with E-state index in [-0.39, 0.29) is 0 Å². The standard InChI is InChI=1S/C12H26.H3O3P/c1-3-5-7-9-11-12-10-8-6-4-2;1-4(2)3/h3-12H2,1-2H3;4H,(H2,1,2,3). The minimum atomic E-state index is -3.13. The molecule has 0 fully saturated rings. The van der Waals surface area contributed by atoms with Gasteiger partial charge in [-0.25, -0.2) is 0 Å². The Hall–Kier alpha value is 0.150. The van der Waals surface area contributed by atoms with Gasteiger partial charge in [-0.1, -0.05) is 78.1 Å². The van der Waals surface area contributed by atoms with E-state index < -0.39 is 8.25 Å². The fraction of sp³-hybridized carbons (Fsp3) is 1.00. The summed E-state index contributed by atoms with van der Waals surface area (Å²) in [6.45, 7) is 4.56. The molecule has 3 nitrogen and oxygen atoms in total. The van der Waals surface area contributed by atoms with Crippen LogP contribution in [0.15, 0.2) is 0 Å². The van der Waals surface area contributed by atoms with Gasteiger partial charge in [0.1, 0.15) is 0 Å². The third-order valence-corrected chi connectivity index (χ3v) is 2.46. The van der Waals surface area contributed by atoms with Crippen LogP contribution < -0.4 is 0 Å². The molecule has 0 saturated heterocycles. The van der Waals surface area contributed by atoms with Crippen LogP contribution in [0.5, 0.6) is 0 Å². The van der Waals surface area contributed by atoms with E-state index in [4.69, 9.17) is 14.4 Å². The molecule has 0 atom stereocenters. The Labute approximate surface area is 101 Å². The lowest BCUT2D eigenvalue weighted by Crippen LogP contribution is -1.80. The number of unbranched alkanes of at least 4 members (excludes halogenated alkanes) is 9. The molecule has 0 bridgehead atoms. The van der Waals surface area contributed by atoms with Gasteiger partial charge in [-0.3, -0.25) is 4.57 Å². The molecule has 0 saturated carbocycles. The van der Waals surface area contributed by atoms with E-state index in [0.717, 1.165) is 0 Å². The molecule has 0 spiro atoms. The maximum absolute atomic E-state index is 8.74. The van der Waals surface area contributed by atoms with E-state index in [0.29, 0.717) is 0 Å². The van der Waals surface area contributed by atoms with Crippen molar-refractivity contribution in [2.24, 2.45) is 0 Å². The molecule has 0 radical (unpaired) electrons. The lowest BCUT2D eigenvalue weighted by Gasteiger charge is -1.99. The van der Waals surface area contributed by atoms with Gasteiger partial charge in [-0.2, -0.15) is 0 Å². The van der Waals surface area contributed by atoms with Gasteiger partial charge in [-0.15, -0.1) is 0 Å². The molecule has 16 heavy (non-hydrogen) atoms. The molecule has 0 aliphatic carbocycles. The first-order valence-electron chi connectivity index (χ1n) is 6.57. The lowest BCUT2D eigenvalue weighted by atomic mass is 10.1. The fourth-order valence-corrected chi connectivity index (χ4v) is 1.56. The zero-order chi connectivity index (χ0) is 12.6. The van der Waals surface area contributed by atoms with E-state index in [1.54, 1.807) is 0 Å². The van der Waals surface area contributed by atoms with Crippen LogP contribution in [-0.2, 0) is 4.57 Å². The van der Waals surface area contributed by atoms with Gasteiger partial charge in [0.05, 0.1) is 0 Å². The molecular formula is C12H29O3P. The zero-order valence-electron chi connectivity index (χ0n) is 10.9. The van der Waals surface area contributed by atoms with Crippen LogP contribution in [0.4, 0.5) is 0 Å². The van der Waals surface area contributed by atoms with Crippen LogP contribution in [0.1, 0.15) is 78.1 Å². The quantitative estimate of drug-likeness (QED) is 0.475. The second-order valence-corrected chi connectivity index (χ2v) is 4.68. The van der Waals surface area contributed by atoms with Gasteiger partial charge in [-0.05, 0) is 0 Å². The molecular weight excluding hydrogens is 223 g/mol. The summed E-state index contributed by atoms with van der Waals surface area (Å²) in [5.74, 6) is 0. The van der Waals surface area contributed by atoms with Gasteiger partial charge in [0.15, 0.2) is 0 Å². The Kier molecular flexibility index (Phi) is 20.3. The van der Waals surface area contributed by atoms with Crippen molar-refractivity contribution >= 4 is 8.25 Å². The largest absolute Gasteiger partial charge is 0.326 e. The number of hydrogen-bond donors (Lipinski definition) is 2. The van der Waals surface area contributed by atoms with Crippen LogP contribution in [0.3, 0.4) is 0 Å². The second-order valence-electron chi connectivity index (χ2n) is 4.11. The maximum atomic E-state index is 8.74. The van der Waals surface area contributed by atoms with Crippen molar-refractivity contribution in [3.63, 3.8) is 0 Å². The minimum Gasteiger partial charge on any atom is -0.326 e. The highest BCUT2D eigenvalue weighted by molar-refractivity contribution is 7.30. The van der Waals surface area contributed by atoms with Crippen molar-refractivity contribution in [2.75, 3.05) is 0 Å². The predicted molar refractivity (Wildman–Crippen MR) is 71.0 cm³/mol. The Balaban J connectivity index is 0. The van der Waals surface area contributed by atoms with E-state index in [1.165, 1.54) is 64.2 Å². The van der Waals surface area contributed by atoms with Crippen molar-refractivity contribution in [2.45, 2.75) is 78.1 Å². The highest BCUT2D eigenvalue weighted by Gasteiger charge is 1.90. The molecule has 4 heteroatoms. The highest BCUT2D eigenvalue weighted by Crippen LogP contribution is 2.09. The van der Waals surface area contributed by atoms with Gasteiger partial charge in [0.25, 0.3) is 0 Å². The summed E-state index contributed by atoms with van der Waals surface area (Å²) >= 11 is 0. The van der Waals surface area contributed by atoms with Gasteiger partial charge in [0.2, 0.25) is 0 Å². The molecule has 100 valence electrons. The molecule has 0 heterocycles. The van der Waals surface area contributed by atoms with Gasteiger partial charge < -0.3 is 9.79 Å². The monoisotopic (exact) mass is 252 g/mol. The maximum Gasteiger partial charge on any atom is 0.314 e. The Morgan fingerprint density at radius 2 is 0.875 bits per heavy atom. The summed E-state index contributed by atoms with van der Waals surface area (Å²) in [5.41, 5.74) is 0. The normalized spacial score (nSPS) is 10.1. The number of rotatable bonds is 9. The Bertz CT molecular complexity index is 126. The van der Waals surface area contributed by atoms with E-state index in [9.17, 15) is 0 Å². The fourth-order valence-electron chi connectivity index (χ4n) is 1.56. The summed E-state index contributed by atoms with van der Waals surface area (Å²) < 4.78 is 8.74. The molecule has 0 rings (SSSR count). The minimum absolute atomic E-state index is 1.37. The van der Waals surface area contributed by atoms with E-state index in [2.05, 4.69) is 13.8 Å². The summed E-state index contributed by atoms with van der Waals surface area (Å²) in [6.07, 6.45) is 14.4. The molecule has 0 aromatic rings. The average molecular weight is 252 g/mol. The van der Waals surface area contributed by atoms with Crippen LogP contribution >= 0.6 is 8.25 Å². The summed E-state index contributed by atoms with van der Waals surface area (Å²) in [4.78, 5) is 14.3. The van der Waals surface area contributed by atoms with Crippen LogP contribution in [-0.4, -0.2) is 9.79 Å². The van der Waals surface area contributed by atoms with Crippen LogP contribution in [0.2, 0.25) is 0 Å². The summed E-state index contributed by atoms with van der Waals surface area (Å²) in [6, 6.07) is 0. The van der Waals surface area contributed by atoms with E-state index in [1.807, 2.05) is 0 Å². The zero-order valence-corrected chi connectivity index (χ0v) is 11.9. The van der Waals surface area contributed by atoms with Crippen LogP contribution in [0, 0.1) is 0 Å². The van der Waals surface area contributed by atoms with Gasteiger partial charge in [0, 0.05) is 0 Å². The van der Waals surface area contributed by atoms with Crippen molar-refractivity contribution in [1.29, 1.82) is 0 Å². The molecule has 0 aromatic carbocycles. The average Bonchev–Trinajstić information content (AvgIpc) is 2.21. The molecule has 0 unspecified atom stereocenters. The molecule has 2 N–H and O–H groups in total. The first kappa shape index (κ1) is 18.5. The van der Waals surface area contributed by atoms with Crippen LogP contribution in [0.25, 0.3) is 0 Å². The third kappa shape index (κ3) is 29.2. The highest BCUT2D eigenvalue weighted by atomic mass is 31.1. The molecule has 0 aliphatic rings. The number of hydrogen-bond acceptors (Lipinski definition) is 1. The summed E-state index contributed by atoms with van der Waals surface area (Å²) in [7, 11) is -3.13. The topological polar surface area (TPSA) is 57.5 Å². The molecule has 0 aromatic heterocycles. The van der Waals surface area contributed by atoms with Crippen molar-refractivity contribution < 1.29 is 14.4 Å². The van der Waals surface area contributed by atoms with E-state index >= 15 is 0 Å². The second kappa shape index (κ2) is 17.5. The first-order valence-corrected chi connectivity index (χ1v) is 7.87. The lowest BCUT2D eigenvalue weighted by molar-refractivity contribution is 0.405. The predicted octanol–water partition coefficient (Wildman–Crippen LogP) is 4.29. The SMILES string of the molecule is CCCCCCCCCCCC.O=[PH](O)O. The van der Waals surface area contributed by atoms with Crippen molar-refractivity contribution in [3.8, 4) is 0 Å². The van der Waals surface area contributed by atoms with Crippen molar-refractivity contribution in [3.05, 3.63) is 0 Å². The smallest absolute Gasteiger partial charge is 0.314 e. The third-order valence-electron chi connectivity index (χ3n) is 2.46. The first-order chi connectivity index (χ1) is 7.65. The Morgan fingerprint density at radius 1 is 0.688 bits per heavy atom. The van der Waals surface area contributed by atoms with Gasteiger partial charge >= 0.3 is 8.25 Å². The Morgan fingerprint density at radius 3 is 1.06 bits per heavy atom. The molecule has 0 aliphatic heterocycles. The van der Waals surface area contributed by atoms with Crippen molar-refractivity contribution in [1.82, 2.24) is 0 Å². The summed E-state index contributed by atoms with van der Waals surface area (Å²) in [5, 5.41) is 0. The molecule has 0 amide bonds.